The van der Waals surface area contributed by atoms with E-state index < -0.39 is 10.0 Å². The predicted molar refractivity (Wildman–Crippen MR) is 102 cm³/mol. The van der Waals surface area contributed by atoms with Crippen LogP contribution in [0, 0.1) is 20.8 Å². The molecular weight excluding hydrogens is 336 g/mol. The van der Waals surface area contributed by atoms with Crippen molar-refractivity contribution in [1.82, 2.24) is 5.32 Å². The maximum absolute atomic E-state index is 12.3. The van der Waals surface area contributed by atoms with E-state index in [4.69, 9.17) is 0 Å². The molecule has 1 aliphatic carbocycles. The van der Waals surface area contributed by atoms with E-state index in [1.165, 1.54) is 17.0 Å². The third-order valence-electron chi connectivity index (χ3n) is 4.80. The highest BCUT2D eigenvalue weighted by Gasteiger charge is 2.23. The van der Waals surface area contributed by atoms with Crippen LogP contribution in [0.25, 0.3) is 0 Å². The Kier molecular flexibility index (Phi) is 6.49. The van der Waals surface area contributed by atoms with Gasteiger partial charge >= 0.3 is 0 Å². The number of carbonyl (C=O) groups is 1. The molecule has 1 N–H and O–H groups in total. The average Bonchev–Trinajstić information content (AvgIpc) is 2.49. The predicted octanol–water partition coefficient (Wildman–Crippen LogP) is 3.22. The van der Waals surface area contributed by atoms with Crippen molar-refractivity contribution in [2.24, 2.45) is 0 Å². The Morgan fingerprint density at radius 2 is 1.68 bits per heavy atom. The van der Waals surface area contributed by atoms with Crippen molar-refractivity contribution in [3.05, 3.63) is 28.8 Å². The zero-order valence-corrected chi connectivity index (χ0v) is 16.6. The molecule has 25 heavy (non-hydrogen) atoms. The number of amides is 1. The summed E-state index contributed by atoms with van der Waals surface area (Å²) in [5.74, 6) is -0.0667. The number of nitrogens with zero attached hydrogens (tertiary/aromatic N) is 1. The van der Waals surface area contributed by atoms with Crippen molar-refractivity contribution in [2.45, 2.75) is 65.3 Å². The number of rotatable bonds is 6. The van der Waals surface area contributed by atoms with Crippen molar-refractivity contribution in [2.75, 3.05) is 17.1 Å². The van der Waals surface area contributed by atoms with E-state index in [9.17, 15) is 13.2 Å². The number of carbonyl (C=O) groups excluding carboxylic acids is 1. The van der Waals surface area contributed by atoms with Crippen LogP contribution < -0.4 is 9.62 Å². The fourth-order valence-electron chi connectivity index (χ4n) is 3.76. The van der Waals surface area contributed by atoms with Gasteiger partial charge < -0.3 is 5.32 Å². The lowest BCUT2D eigenvalue weighted by atomic mass is 9.95. The third-order valence-corrected chi connectivity index (χ3v) is 5.96. The van der Waals surface area contributed by atoms with Gasteiger partial charge in [0.2, 0.25) is 15.9 Å². The van der Waals surface area contributed by atoms with Gasteiger partial charge in [0.25, 0.3) is 0 Å². The van der Waals surface area contributed by atoms with Gasteiger partial charge in [0, 0.05) is 19.0 Å². The van der Waals surface area contributed by atoms with E-state index in [0.717, 1.165) is 42.4 Å². The van der Waals surface area contributed by atoms with Crippen molar-refractivity contribution < 1.29 is 13.2 Å². The summed E-state index contributed by atoms with van der Waals surface area (Å²) in [6.45, 7) is 5.99. The first kappa shape index (κ1) is 19.8. The summed E-state index contributed by atoms with van der Waals surface area (Å²) in [5, 5.41) is 3.06. The van der Waals surface area contributed by atoms with E-state index in [2.05, 4.69) is 5.32 Å². The molecule has 0 radical (unpaired) electrons. The van der Waals surface area contributed by atoms with Gasteiger partial charge in [-0.25, -0.2) is 8.42 Å². The van der Waals surface area contributed by atoms with Crippen molar-refractivity contribution in [3.8, 4) is 0 Å². The minimum Gasteiger partial charge on any atom is -0.353 e. The summed E-state index contributed by atoms with van der Waals surface area (Å²) in [7, 11) is -3.45. The number of anilines is 1. The molecule has 0 heterocycles. The molecule has 0 spiro atoms. The first-order valence-electron chi connectivity index (χ1n) is 9.03. The molecule has 1 aliphatic rings. The van der Waals surface area contributed by atoms with Crippen molar-refractivity contribution >= 4 is 21.6 Å². The SMILES string of the molecule is Cc1cc(C)c(N(CCC(=O)NC2CCCCC2)S(C)(=O)=O)c(C)c1. The second-order valence-corrected chi connectivity index (χ2v) is 9.14. The van der Waals surface area contributed by atoms with Crippen LogP contribution in [0.2, 0.25) is 0 Å². The fraction of sp³-hybridized carbons (Fsp3) is 0.632. The fourth-order valence-corrected chi connectivity index (χ4v) is 4.80. The smallest absolute Gasteiger partial charge is 0.232 e. The second-order valence-electron chi connectivity index (χ2n) is 7.23. The Morgan fingerprint density at radius 3 is 2.20 bits per heavy atom. The summed E-state index contributed by atoms with van der Waals surface area (Å²) in [4.78, 5) is 12.3. The molecule has 1 fully saturated rings. The third kappa shape index (κ3) is 5.46. The molecule has 140 valence electrons. The minimum atomic E-state index is -3.45. The topological polar surface area (TPSA) is 66.5 Å². The Bertz CT molecular complexity index is 699. The van der Waals surface area contributed by atoms with Crippen LogP contribution in [0.15, 0.2) is 12.1 Å². The van der Waals surface area contributed by atoms with Gasteiger partial charge in [-0.15, -0.1) is 0 Å². The van der Waals surface area contributed by atoms with Crippen LogP contribution in [0.3, 0.4) is 0 Å². The highest BCUT2D eigenvalue weighted by molar-refractivity contribution is 7.92. The van der Waals surface area contributed by atoms with Gasteiger partial charge in [0.15, 0.2) is 0 Å². The maximum Gasteiger partial charge on any atom is 0.232 e. The molecule has 1 saturated carbocycles. The summed E-state index contributed by atoms with van der Waals surface area (Å²) >= 11 is 0. The molecule has 0 atom stereocenters. The summed E-state index contributed by atoms with van der Waals surface area (Å²) in [6.07, 6.45) is 6.97. The maximum atomic E-state index is 12.3. The lowest BCUT2D eigenvalue weighted by molar-refractivity contribution is -0.121. The molecule has 1 amide bonds. The summed E-state index contributed by atoms with van der Waals surface area (Å²) < 4.78 is 26.0. The molecule has 0 unspecified atom stereocenters. The highest BCUT2D eigenvalue weighted by Crippen LogP contribution is 2.28. The number of nitrogens with one attached hydrogen (secondary N) is 1. The van der Waals surface area contributed by atoms with Gasteiger partial charge in [-0.05, 0) is 44.7 Å². The van der Waals surface area contributed by atoms with Crippen LogP contribution in [0.5, 0.6) is 0 Å². The molecule has 0 bridgehead atoms. The normalized spacial score (nSPS) is 15.8. The molecule has 0 saturated heterocycles. The lowest BCUT2D eigenvalue weighted by Crippen LogP contribution is -2.39. The molecule has 0 aromatic heterocycles. The first-order valence-corrected chi connectivity index (χ1v) is 10.9. The number of aryl methyl sites for hydroxylation is 3. The Morgan fingerprint density at radius 1 is 1.12 bits per heavy atom. The van der Waals surface area contributed by atoms with Gasteiger partial charge in [0.05, 0.1) is 11.9 Å². The molecule has 0 aliphatic heterocycles. The molecule has 6 heteroatoms. The molecule has 2 rings (SSSR count). The van der Waals surface area contributed by atoms with E-state index in [1.54, 1.807) is 0 Å². The molecule has 1 aromatic carbocycles. The van der Waals surface area contributed by atoms with Gasteiger partial charge in [0.1, 0.15) is 0 Å². The molecule has 1 aromatic rings. The zero-order chi connectivity index (χ0) is 18.6. The van der Waals surface area contributed by atoms with E-state index in [1.807, 2.05) is 32.9 Å². The van der Waals surface area contributed by atoms with Crippen LogP contribution in [-0.4, -0.2) is 33.2 Å². The Labute approximate surface area is 151 Å². The largest absolute Gasteiger partial charge is 0.353 e. The Balaban J connectivity index is 2.10. The first-order chi connectivity index (χ1) is 11.7. The van der Waals surface area contributed by atoms with E-state index in [0.29, 0.717) is 5.69 Å². The lowest BCUT2D eigenvalue weighted by Gasteiger charge is -2.27. The summed E-state index contributed by atoms with van der Waals surface area (Å²) in [6, 6.07) is 4.20. The van der Waals surface area contributed by atoms with Crippen LogP contribution in [-0.2, 0) is 14.8 Å². The monoisotopic (exact) mass is 366 g/mol. The van der Waals surface area contributed by atoms with Crippen molar-refractivity contribution in [3.63, 3.8) is 0 Å². The standard InChI is InChI=1S/C19H30N2O3S/c1-14-12-15(2)19(16(3)13-14)21(25(4,23)24)11-10-18(22)20-17-8-6-5-7-9-17/h12-13,17H,5-11H2,1-4H3,(H,20,22). The quantitative estimate of drug-likeness (QED) is 0.841. The van der Waals surface area contributed by atoms with Crippen LogP contribution >= 0.6 is 0 Å². The summed E-state index contributed by atoms with van der Waals surface area (Å²) in [5.41, 5.74) is 3.62. The zero-order valence-electron chi connectivity index (χ0n) is 15.8. The van der Waals surface area contributed by atoms with Gasteiger partial charge in [-0.2, -0.15) is 0 Å². The van der Waals surface area contributed by atoms with Gasteiger partial charge in [-0.3, -0.25) is 9.10 Å². The van der Waals surface area contributed by atoms with Gasteiger partial charge in [-0.1, -0.05) is 37.0 Å². The van der Waals surface area contributed by atoms with E-state index >= 15 is 0 Å². The van der Waals surface area contributed by atoms with Crippen LogP contribution in [0.4, 0.5) is 5.69 Å². The minimum absolute atomic E-state index is 0.0667. The number of benzene rings is 1. The van der Waals surface area contributed by atoms with Crippen LogP contribution in [0.1, 0.15) is 55.2 Å². The molecular formula is C19H30N2O3S. The Hall–Kier alpha value is -1.56. The molecule has 5 nitrogen and oxygen atoms in total. The van der Waals surface area contributed by atoms with E-state index in [-0.39, 0.29) is 24.9 Å². The van der Waals surface area contributed by atoms with Crippen molar-refractivity contribution in [1.29, 1.82) is 0 Å². The number of hydrogen-bond donors (Lipinski definition) is 1. The number of sulfonamides is 1. The highest BCUT2D eigenvalue weighted by atomic mass is 32.2. The number of hydrogen-bond acceptors (Lipinski definition) is 3. The average molecular weight is 367 g/mol. The second kappa shape index (κ2) is 8.21.